The van der Waals surface area contributed by atoms with E-state index in [0.29, 0.717) is 29.4 Å². The number of nitrogens with one attached hydrogen (secondary N) is 1. The lowest BCUT2D eigenvalue weighted by molar-refractivity contribution is -0.121. The van der Waals surface area contributed by atoms with Crippen molar-refractivity contribution in [2.75, 3.05) is 25.5 Å². The molecule has 0 bridgehead atoms. The maximum absolute atomic E-state index is 13.4. The van der Waals surface area contributed by atoms with Crippen LogP contribution in [-0.2, 0) is 4.79 Å². The fourth-order valence-electron chi connectivity index (χ4n) is 4.15. The number of piperidine rings is 1. The second-order valence-electron chi connectivity index (χ2n) is 7.90. The molecular formula is C25H25ClN2O3. The number of benzene rings is 3. The Morgan fingerprint density at radius 2 is 1.87 bits per heavy atom. The number of anilines is 1. The van der Waals surface area contributed by atoms with E-state index < -0.39 is 0 Å². The van der Waals surface area contributed by atoms with Gasteiger partial charge in [0, 0.05) is 34.7 Å². The van der Waals surface area contributed by atoms with Crippen molar-refractivity contribution in [2.45, 2.75) is 19.8 Å². The van der Waals surface area contributed by atoms with Crippen LogP contribution in [0.3, 0.4) is 0 Å². The van der Waals surface area contributed by atoms with Crippen LogP contribution in [-0.4, -0.2) is 36.9 Å². The Hall–Kier alpha value is -3.05. The van der Waals surface area contributed by atoms with Gasteiger partial charge in [-0.3, -0.25) is 9.59 Å². The fraction of sp³-hybridized carbons (Fsp3) is 0.280. The van der Waals surface area contributed by atoms with E-state index in [9.17, 15) is 9.59 Å². The largest absolute Gasteiger partial charge is 0.496 e. The Bertz CT molecular complexity index is 1140. The summed E-state index contributed by atoms with van der Waals surface area (Å²) in [5.74, 6) is 0.332. The Labute approximate surface area is 186 Å². The molecule has 1 heterocycles. The number of carbonyl (C=O) groups is 2. The number of fused-ring (bicyclic) bond motifs is 1. The Kier molecular flexibility index (Phi) is 6.14. The lowest BCUT2D eigenvalue weighted by Crippen LogP contribution is -2.43. The summed E-state index contributed by atoms with van der Waals surface area (Å²) in [6.45, 7) is 2.96. The van der Waals surface area contributed by atoms with E-state index in [1.807, 2.05) is 49.4 Å². The molecule has 1 aliphatic heterocycles. The number of aryl methyl sites for hydroxylation is 1. The van der Waals surface area contributed by atoms with Crippen LogP contribution in [0.25, 0.3) is 10.8 Å². The minimum absolute atomic E-state index is 0.0599. The summed E-state index contributed by atoms with van der Waals surface area (Å²) in [6, 6.07) is 16.8. The van der Waals surface area contributed by atoms with E-state index in [1.165, 1.54) is 0 Å². The molecule has 0 aromatic heterocycles. The van der Waals surface area contributed by atoms with Gasteiger partial charge >= 0.3 is 0 Å². The highest BCUT2D eigenvalue weighted by Gasteiger charge is 2.30. The van der Waals surface area contributed by atoms with Crippen LogP contribution in [0.4, 0.5) is 5.69 Å². The molecule has 4 rings (SSSR count). The minimum Gasteiger partial charge on any atom is -0.496 e. The number of ether oxygens (including phenoxy) is 1. The van der Waals surface area contributed by atoms with Crippen LogP contribution < -0.4 is 10.1 Å². The molecule has 1 fully saturated rings. The topological polar surface area (TPSA) is 58.6 Å². The molecule has 1 saturated heterocycles. The molecule has 3 aromatic carbocycles. The summed E-state index contributed by atoms with van der Waals surface area (Å²) in [7, 11) is 1.62. The van der Waals surface area contributed by atoms with Crippen LogP contribution in [0.15, 0.2) is 54.6 Å². The molecule has 1 aliphatic rings. The van der Waals surface area contributed by atoms with Gasteiger partial charge < -0.3 is 15.0 Å². The van der Waals surface area contributed by atoms with E-state index in [1.54, 1.807) is 24.1 Å². The van der Waals surface area contributed by atoms with E-state index in [0.717, 1.165) is 34.9 Å². The molecular weight excluding hydrogens is 412 g/mol. The predicted molar refractivity (Wildman–Crippen MR) is 124 cm³/mol. The van der Waals surface area contributed by atoms with Crippen molar-refractivity contribution in [1.82, 2.24) is 4.90 Å². The zero-order chi connectivity index (χ0) is 22.0. The molecule has 31 heavy (non-hydrogen) atoms. The van der Waals surface area contributed by atoms with Crippen molar-refractivity contribution in [2.24, 2.45) is 5.92 Å². The Morgan fingerprint density at radius 1 is 1.10 bits per heavy atom. The van der Waals surface area contributed by atoms with Gasteiger partial charge in [0.25, 0.3) is 5.91 Å². The number of halogens is 1. The molecule has 0 aliphatic carbocycles. The highest BCUT2D eigenvalue weighted by Crippen LogP contribution is 2.30. The molecule has 0 saturated carbocycles. The average molecular weight is 437 g/mol. The molecule has 0 spiro atoms. The Morgan fingerprint density at radius 3 is 2.65 bits per heavy atom. The number of amides is 2. The first-order valence-corrected chi connectivity index (χ1v) is 10.8. The first-order chi connectivity index (χ1) is 15.0. The average Bonchev–Trinajstić information content (AvgIpc) is 2.80. The second kappa shape index (κ2) is 8.98. The third-order valence-electron chi connectivity index (χ3n) is 5.87. The zero-order valence-electron chi connectivity index (χ0n) is 17.7. The zero-order valence-corrected chi connectivity index (χ0v) is 18.4. The number of nitrogens with zero attached hydrogens (tertiary/aromatic N) is 1. The standard InChI is InChI=1S/C25H25ClN2O3/c1-16-9-10-18(26)14-22(16)27-24(29)17-6-5-13-28(15-17)25(30)21-11-12-23(31-2)20-8-4-3-7-19(20)21/h3-4,7-12,14,17H,5-6,13,15H2,1-2H3,(H,27,29)/t17-/m1/s1. The van der Waals surface area contributed by atoms with E-state index >= 15 is 0 Å². The highest BCUT2D eigenvalue weighted by atomic mass is 35.5. The summed E-state index contributed by atoms with van der Waals surface area (Å²) in [6.07, 6.45) is 1.53. The normalized spacial score (nSPS) is 16.2. The van der Waals surface area contributed by atoms with Crippen LogP contribution in [0, 0.1) is 12.8 Å². The number of likely N-dealkylation sites (tertiary alicyclic amines) is 1. The molecule has 160 valence electrons. The molecule has 5 nitrogen and oxygen atoms in total. The lowest BCUT2D eigenvalue weighted by atomic mass is 9.95. The van der Waals surface area contributed by atoms with Gasteiger partial charge in [-0.05, 0) is 55.0 Å². The summed E-state index contributed by atoms with van der Waals surface area (Å²) >= 11 is 6.07. The van der Waals surface area contributed by atoms with E-state index in [4.69, 9.17) is 16.3 Å². The molecule has 1 atom stereocenters. The van der Waals surface area contributed by atoms with Crippen LogP contribution >= 0.6 is 11.6 Å². The van der Waals surface area contributed by atoms with Crippen molar-refractivity contribution in [1.29, 1.82) is 0 Å². The van der Waals surface area contributed by atoms with Crippen LogP contribution in [0.1, 0.15) is 28.8 Å². The van der Waals surface area contributed by atoms with E-state index in [-0.39, 0.29) is 17.7 Å². The second-order valence-corrected chi connectivity index (χ2v) is 8.34. The lowest BCUT2D eigenvalue weighted by Gasteiger charge is -2.32. The molecule has 2 amide bonds. The van der Waals surface area contributed by atoms with Gasteiger partial charge in [0.1, 0.15) is 5.75 Å². The number of rotatable bonds is 4. The van der Waals surface area contributed by atoms with Gasteiger partial charge in [-0.25, -0.2) is 0 Å². The summed E-state index contributed by atoms with van der Waals surface area (Å²) < 4.78 is 5.44. The number of hydrogen-bond acceptors (Lipinski definition) is 3. The molecule has 3 aromatic rings. The summed E-state index contributed by atoms with van der Waals surface area (Å²) in [5, 5.41) is 5.32. The molecule has 6 heteroatoms. The van der Waals surface area contributed by atoms with Crippen molar-refractivity contribution in [3.05, 3.63) is 70.7 Å². The van der Waals surface area contributed by atoms with Crippen molar-refractivity contribution < 1.29 is 14.3 Å². The van der Waals surface area contributed by atoms with E-state index in [2.05, 4.69) is 5.32 Å². The summed E-state index contributed by atoms with van der Waals surface area (Å²) in [4.78, 5) is 28.1. The van der Waals surface area contributed by atoms with Gasteiger partial charge in [0.15, 0.2) is 0 Å². The third-order valence-corrected chi connectivity index (χ3v) is 6.11. The van der Waals surface area contributed by atoms with Crippen molar-refractivity contribution in [3.63, 3.8) is 0 Å². The van der Waals surface area contributed by atoms with Gasteiger partial charge in [-0.15, -0.1) is 0 Å². The monoisotopic (exact) mass is 436 g/mol. The van der Waals surface area contributed by atoms with Gasteiger partial charge in [0.05, 0.1) is 13.0 Å². The Balaban J connectivity index is 1.54. The maximum atomic E-state index is 13.4. The predicted octanol–water partition coefficient (Wildman–Crippen LogP) is 5.30. The third kappa shape index (κ3) is 4.37. The summed E-state index contributed by atoms with van der Waals surface area (Å²) in [5.41, 5.74) is 2.29. The molecule has 0 unspecified atom stereocenters. The SMILES string of the molecule is COc1ccc(C(=O)N2CCC[C@@H](C(=O)Nc3cc(Cl)ccc3C)C2)c2ccccc12. The number of hydrogen-bond donors (Lipinski definition) is 1. The van der Waals surface area contributed by atoms with Crippen molar-refractivity contribution >= 4 is 39.9 Å². The van der Waals surface area contributed by atoms with Crippen LogP contribution in [0.5, 0.6) is 5.75 Å². The smallest absolute Gasteiger partial charge is 0.254 e. The fourth-order valence-corrected chi connectivity index (χ4v) is 4.32. The molecule has 0 radical (unpaired) electrons. The number of methoxy groups -OCH3 is 1. The van der Waals surface area contributed by atoms with Gasteiger partial charge in [0.2, 0.25) is 5.91 Å². The van der Waals surface area contributed by atoms with Crippen molar-refractivity contribution in [3.8, 4) is 5.75 Å². The maximum Gasteiger partial charge on any atom is 0.254 e. The minimum atomic E-state index is -0.263. The number of carbonyl (C=O) groups excluding carboxylic acids is 2. The molecule has 1 N–H and O–H groups in total. The first kappa shape index (κ1) is 21.2. The first-order valence-electron chi connectivity index (χ1n) is 10.4. The van der Waals surface area contributed by atoms with Gasteiger partial charge in [-0.1, -0.05) is 41.9 Å². The quantitative estimate of drug-likeness (QED) is 0.603. The van der Waals surface area contributed by atoms with Gasteiger partial charge in [-0.2, -0.15) is 0 Å². The highest BCUT2D eigenvalue weighted by molar-refractivity contribution is 6.31. The van der Waals surface area contributed by atoms with Crippen LogP contribution in [0.2, 0.25) is 5.02 Å².